The quantitative estimate of drug-likeness (QED) is 0.627. The molecular weight excluding hydrogens is 401 g/mol. The van der Waals surface area contributed by atoms with Gasteiger partial charge in [0.05, 0.1) is 5.56 Å². The molecule has 0 spiro atoms. The lowest BCUT2D eigenvalue weighted by Gasteiger charge is -2.28. The highest BCUT2D eigenvalue weighted by Crippen LogP contribution is 2.28. The molecule has 1 N–H and O–H groups in total. The second-order valence-electron chi connectivity index (χ2n) is 7.66. The Labute approximate surface area is 182 Å². The fourth-order valence-corrected chi connectivity index (χ4v) is 4.50. The number of halogens is 1. The van der Waals surface area contributed by atoms with Crippen molar-refractivity contribution in [2.24, 2.45) is 5.92 Å². The molecule has 0 unspecified atom stereocenters. The van der Waals surface area contributed by atoms with Gasteiger partial charge in [-0.3, -0.25) is 4.79 Å². The van der Waals surface area contributed by atoms with Gasteiger partial charge in [-0.2, -0.15) is 0 Å². The van der Waals surface area contributed by atoms with E-state index in [2.05, 4.69) is 24.2 Å². The van der Waals surface area contributed by atoms with Crippen LogP contribution in [-0.2, 0) is 11.3 Å². The largest absolute Gasteiger partial charge is 0.381 e. The number of hydrogen-bond acceptors (Lipinski definition) is 5. The van der Waals surface area contributed by atoms with Crippen LogP contribution in [0.1, 0.15) is 41.3 Å². The smallest absolute Gasteiger partial charge is 0.254 e. The average Bonchev–Trinajstić information content (AvgIpc) is 2.73. The predicted octanol–water partition coefficient (Wildman–Crippen LogP) is 4.43. The zero-order valence-electron chi connectivity index (χ0n) is 17.9. The average molecular weight is 432 g/mol. The summed E-state index contributed by atoms with van der Waals surface area (Å²) >= 11 is 1.57. The molecule has 1 aromatic carbocycles. The SMILES string of the molecule is CCSc1nc(N(C)CC2CCOCC2)cc(C)c1C(=O)NCc1cccc(F)c1. The molecule has 0 saturated carbocycles. The van der Waals surface area contributed by atoms with E-state index in [9.17, 15) is 9.18 Å². The monoisotopic (exact) mass is 431 g/mol. The van der Waals surface area contributed by atoms with Crippen molar-refractivity contribution < 1.29 is 13.9 Å². The van der Waals surface area contributed by atoms with E-state index in [1.807, 2.05) is 13.0 Å². The second-order valence-corrected chi connectivity index (χ2v) is 8.91. The van der Waals surface area contributed by atoms with Gasteiger partial charge in [0.15, 0.2) is 0 Å². The number of carbonyl (C=O) groups excluding carboxylic acids is 1. The minimum Gasteiger partial charge on any atom is -0.381 e. The minimum atomic E-state index is -0.307. The van der Waals surface area contributed by atoms with Crippen LogP contribution >= 0.6 is 11.8 Å². The van der Waals surface area contributed by atoms with Gasteiger partial charge >= 0.3 is 0 Å². The Kier molecular flexibility index (Phi) is 8.10. The van der Waals surface area contributed by atoms with E-state index < -0.39 is 0 Å². The van der Waals surface area contributed by atoms with E-state index in [1.165, 1.54) is 12.1 Å². The summed E-state index contributed by atoms with van der Waals surface area (Å²) in [6.45, 7) is 6.85. The van der Waals surface area contributed by atoms with Crippen LogP contribution in [0.4, 0.5) is 10.2 Å². The molecule has 3 rings (SSSR count). The summed E-state index contributed by atoms with van der Waals surface area (Å²) in [6.07, 6.45) is 2.14. The third-order valence-corrected chi connectivity index (χ3v) is 6.14. The molecule has 30 heavy (non-hydrogen) atoms. The van der Waals surface area contributed by atoms with Crippen molar-refractivity contribution in [1.82, 2.24) is 10.3 Å². The Morgan fingerprint density at radius 2 is 2.10 bits per heavy atom. The van der Waals surface area contributed by atoms with Gasteiger partial charge in [0, 0.05) is 33.4 Å². The van der Waals surface area contributed by atoms with Gasteiger partial charge in [-0.15, -0.1) is 11.8 Å². The number of hydrogen-bond donors (Lipinski definition) is 1. The molecular formula is C23H30FN3O2S. The standard InChI is InChI=1S/C23H30FN3O2S/c1-4-30-23-21(22(28)25-14-18-6-5-7-19(24)13-18)16(2)12-20(26-23)27(3)15-17-8-10-29-11-9-17/h5-7,12-13,17H,4,8-11,14-15H2,1-3H3,(H,25,28). The molecule has 0 radical (unpaired) electrons. The Balaban J connectivity index is 1.75. The van der Waals surface area contributed by atoms with Crippen molar-refractivity contribution in [2.75, 3.05) is 37.5 Å². The molecule has 162 valence electrons. The molecule has 1 fully saturated rings. The number of nitrogens with zero attached hydrogens (tertiary/aromatic N) is 2. The van der Waals surface area contributed by atoms with Crippen LogP contribution in [0.25, 0.3) is 0 Å². The zero-order chi connectivity index (χ0) is 21.5. The Hall–Kier alpha value is -2.12. The van der Waals surface area contributed by atoms with Gasteiger partial charge < -0.3 is 15.0 Å². The summed E-state index contributed by atoms with van der Waals surface area (Å²) in [5.74, 6) is 1.82. The molecule has 1 aliphatic heterocycles. The van der Waals surface area contributed by atoms with Gasteiger partial charge in [-0.1, -0.05) is 19.1 Å². The number of nitrogens with one attached hydrogen (secondary N) is 1. The van der Waals surface area contributed by atoms with E-state index in [0.717, 1.165) is 60.3 Å². The fourth-order valence-electron chi connectivity index (χ4n) is 3.67. The minimum absolute atomic E-state index is 0.182. The van der Waals surface area contributed by atoms with Crippen LogP contribution < -0.4 is 10.2 Å². The van der Waals surface area contributed by atoms with Crippen LogP contribution in [-0.4, -0.2) is 43.5 Å². The second kappa shape index (κ2) is 10.8. The van der Waals surface area contributed by atoms with Crippen LogP contribution in [0.2, 0.25) is 0 Å². The lowest BCUT2D eigenvalue weighted by molar-refractivity contribution is 0.0685. The van der Waals surface area contributed by atoms with E-state index >= 15 is 0 Å². The molecule has 0 atom stereocenters. The van der Waals surface area contributed by atoms with Crippen molar-refractivity contribution in [3.05, 3.63) is 52.8 Å². The maximum atomic E-state index is 13.4. The van der Waals surface area contributed by atoms with Gasteiger partial charge in [0.1, 0.15) is 16.7 Å². The van der Waals surface area contributed by atoms with Crippen LogP contribution in [0.15, 0.2) is 35.4 Å². The number of carbonyl (C=O) groups is 1. The summed E-state index contributed by atoms with van der Waals surface area (Å²) in [7, 11) is 2.06. The highest BCUT2D eigenvalue weighted by molar-refractivity contribution is 7.99. The molecule has 0 aliphatic carbocycles. The first-order chi connectivity index (χ1) is 14.5. The molecule has 0 bridgehead atoms. The Morgan fingerprint density at radius 1 is 1.33 bits per heavy atom. The first kappa shape index (κ1) is 22.6. The zero-order valence-corrected chi connectivity index (χ0v) is 18.7. The highest BCUT2D eigenvalue weighted by Gasteiger charge is 2.21. The normalized spacial score (nSPS) is 14.5. The van der Waals surface area contributed by atoms with Crippen LogP contribution in [0, 0.1) is 18.7 Å². The van der Waals surface area contributed by atoms with Gasteiger partial charge in [-0.25, -0.2) is 9.37 Å². The van der Waals surface area contributed by atoms with E-state index in [-0.39, 0.29) is 18.3 Å². The highest BCUT2D eigenvalue weighted by atomic mass is 32.2. The molecule has 1 aromatic heterocycles. The van der Waals surface area contributed by atoms with Crippen molar-refractivity contribution in [3.63, 3.8) is 0 Å². The van der Waals surface area contributed by atoms with Crippen molar-refractivity contribution >= 4 is 23.5 Å². The number of benzene rings is 1. The first-order valence-electron chi connectivity index (χ1n) is 10.4. The van der Waals surface area contributed by atoms with Gasteiger partial charge in [0.2, 0.25) is 0 Å². The number of aromatic nitrogens is 1. The number of thioether (sulfide) groups is 1. The molecule has 1 amide bonds. The van der Waals surface area contributed by atoms with Crippen molar-refractivity contribution in [1.29, 1.82) is 0 Å². The fraction of sp³-hybridized carbons (Fsp3) is 0.478. The molecule has 7 heteroatoms. The van der Waals surface area contributed by atoms with E-state index in [4.69, 9.17) is 9.72 Å². The lowest BCUT2D eigenvalue weighted by Crippen LogP contribution is -2.30. The van der Waals surface area contributed by atoms with Crippen molar-refractivity contribution in [3.8, 4) is 0 Å². The van der Waals surface area contributed by atoms with E-state index in [1.54, 1.807) is 23.9 Å². The topological polar surface area (TPSA) is 54.5 Å². The van der Waals surface area contributed by atoms with Crippen molar-refractivity contribution in [2.45, 2.75) is 38.3 Å². The molecule has 2 heterocycles. The molecule has 1 saturated heterocycles. The maximum Gasteiger partial charge on any atom is 0.254 e. The summed E-state index contributed by atoms with van der Waals surface area (Å²) in [4.78, 5) is 19.9. The predicted molar refractivity (Wildman–Crippen MR) is 120 cm³/mol. The number of aryl methyl sites for hydroxylation is 1. The summed E-state index contributed by atoms with van der Waals surface area (Å²) < 4.78 is 18.9. The molecule has 1 aliphatic rings. The number of pyridine rings is 1. The summed E-state index contributed by atoms with van der Waals surface area (Å²) in [5.41, 5.74) is 2.22. The number of ether oxygens (including phenoxy) is 1. The van der Waals surface area contributed by atoms with Gasteiger partial charge in [0.25, 0.3) is 5.91 Å². The number of rotatable bonds is 8. The Bertz CT molecular complexity index is 872. The molecule has 2 aromatic rings. The third kappa shape index (κ3) is 5.95. The summed E-state index contributed by atoms with van der Waals surface area (Å²) in [6, 6.07) is 8.25. The Morgan fingerprint density at radius 3 is 2.80 bits per heavy atom. The third-order valence-electron chi connectivity index (χ3n) is 5.28. The van der Waals surface area contributed by atoms with Gasteiger partial charge in [-0.05, 0) is 60.8 Å². The number of anilines is 1. The van der Waals surface area contributed by atoms with Crippen LogP contribution in [0.5, 0.6) is 0 Å². The first-order valence-corrected chi connectivity index (χ1v) is 11.4. The molecule has 5 nitrogen and oxygen atoms in total. The number of amides is 1. The van der Waals surface area contributed by atoms with Crippen LogP contribution in [0.3, 0.4) is 0 Å². The van der Waals surface area contributed by atoms with E-state index in [0.29, 0.717) is 11.5 Å². The lowest BCUT2D eigenvalue weighted by atomic mass is 10.00. The summed E-state index contributed by atoms with van der Waals surface area (Å²) in [5, 5.41) is 3.65. The maximum absolute atomic E-state index is 13.4.